The lowest BCUT2D eigenvalue weighted by Gasteiger charge is -2.14. The Kier molecular flexibility index (Phi) is 7.67. The zero-order valence-corrected chi connectivity index (χ0v) is 21.8. The number of hydrogen-bond donors (Lipinski definition) is 2. The third-order valence-electron chi connectivity index (χ3n) is 6.17. The minimum Gasteiger partial charge on any atom is -0.495 e. The summed E-state index contributed by atoms with van der Waals surface area (Å²) in [5.74, 6) is -1.54. The number of benzene rings is 2. The van der Waals surface area contributed by atoms with Gasteiger partial charge in [-0.05, 0) is 42.5 Å². The van der Waals surface area contributed by atoms with Gasteiger partial charge in [-0.25, -0.2) is 19.6 Å². The van der Waals surface area contributed by atoms with E-state index in [2.05, 4.69) is 20.6 Å². The van der Waals surface area contributed by atoms with Crippen molar-refractivity contribution in [3.8, 4) is 11.4 Å². The molecule has 13 heteroatoms. The molecule has 1 fully saturated rings. The van der Waals surface area contributed by atoms with E-state index in [0.717, 1.165) is 0 Å². The Morgan fingerprint density at radius 3 is 2.51 bits per heavy atom. The van der Waals surface area contributed by atoms with Gasteiger partial charge in [0.25, 0.3) is 17.4 Å². The van der Waals surface area contributed by atoms with E-state index < -0.39 is 29.4 Å². The quantitative estimate of drug-likeness (QED) is 0.311. The molecule has 0 unspecified atom stereocenters. The molecule has 2 aromatic carbocycles. The Balaban J connectivity index is 1.39. The van der Waals surface area contributed by atoms with Gasteiger partial charge in [0.1, 0.15) is 17.0 Å². The van der Waals surface area contributed by atoms with Crippen LogP contribution in [0.5, 0.6) is 5.75 Å². The third-order valence-corrected chi connectivity index (χ3v) is 6.17. The van der Waals surface area contributed by atoms with Crippen LogP contribution in [0.3, 0.4) is 0 Å². The van der Waals surface area contributed by atoms with Crippen molar-refractivity contribution in [1.29, 1.82) is 0 Å². The fourth-order valence-corrected chi connectivity index (χ4v) is 4.25. The lowest BCUT2D eigenvalue weighted by Crippen LogP contribution is -2.32. The molecule has 41 heavy (non-hydrogen) atoms. The summed E-state index contributed by atoms with van der Waals surface area (Å²) in [7, 11) is 1.50. The average molecular weight is 557 g/mol. The van der Waals surface area contributed by atoms with E-state index in [1.807, 2.05) is 0 Å². The number of carbonyl (C=O) groups excluding carboxylic acids is 4. The predicted molar refractivity (Wildman–Crippen MR) is 146 cm³/mol. The van der Waals surface area contributed by atoms with E-state index in [1.165, 1.54) is 17.9 Å². The number of hydroxylamine groups is 2. The molecule has 1 saturated heterocycles. The van der Waals surface area contributed by atoms with Crippen LogP contribution >= 0.6 is 0 Å². The van der Waals surface area contributed by atoms with Crippen LogP contribution in [0.2, 0.25) is 0 Å². The maximum Gasteiger partial charge on any atom is 0.333 e. The number of pyridine rings is 1. The molecule has 4 aromatic rings. The topological polar surface area (TPSA) is 162 Å². The standard InChI is InChI=1S/C28H24N6O7/c1-40-22-10-3-2-8-19(22)32-28(39)30-17-6-4-7-18(16-17)33-26-20(9-5-15-29-26)31-21(27(33)38)11-14-25(37)41-34-23(35)12-13-24(34)36/h2-10,15-16H,11-14H2,1H3,(H2,30,32,39). The van der Waals surface area contributed by atoms with Gasteiger partial charge in [0.2, 0.25) is 0 Å². The normalized spacial score (nSPS) is 12.9. The van der Waals surface area contributed by atoms with Crippen LogP contribution in [0.15, 0.2) is 71.7 Å². The molecular formula is C28H24N6O7. The first-order valence-electron chi connectivity index (χ1n) is 12.6. The third kappa shape index (κ3) is 5.88. The first-order chi connectivity index (χ1) is 19.8. The monoisotopic (exact) mass is 556 g/mol. The van der Waals surface area contributed by atoms with Gasteiger partial charge in [0.05, 0.1) is 24.9 Å². The van der Waals surface area contributed by atoms with E-state index in [9.17, 15) is 24.0 Å². The number of nitrogens with one attached hydrogen (secondary N) is 2. The van der Waals surface area contributed by atoms with Crippen LogP contribution in [0, 0.1) is 0 Å². The summed E-state index contributed by atoms with van der Waals surface area (Å²) in [5.41, 5.74) is 1.45. The molecule has 2 aromatic heterocycles. The number of amides is 4. The number of imide groups is 1. The summed E-state index contributed by atoms with van der Waals surface area (Å²) in [6.45, 7) is 0. The number of urea groups is 1. The van der Waals surface area contributed by atoms with Crippen LogP contribution in [0.1, 0.15) is 25.0 Å². The first-order valence-corrected chi connectivity index (χ1v) is 12.6. The van der Waals surface area contributed by atoms with Crippen LogP contribution in [0.25, 0.3) is 16.9 Å². The Labute approximate surface area is 232 Å². The Hall–Kier alpha value is -5.59. The average Bonchev–Trinajstić information content (AvgIpc) is 3.28. The molecule has 3 heterocycles. The molecule has 5 rings (SSSR count). The fourth-order valence-electron chi connectivity index (χ4n) is 4.25. The second-order valence-corrected chi connectivity index (χ2v) is 8.92. The van der Waals surface area contributed by atoms with Gasteiger partial charge in [-0.3, -0.25) is 19.0 Å². The molecule has 4 amide bonds. The number of rotatable bonds is 8. The van der Waals surface area contributed by atoms with Gasteiger partial charge in [-0.15, -0.1) is 5.06 Å². The van der Waals surface area contributed by atoms with Gasteiger partial charge in [0, 0.05) is 31.1 Å². The van der Waals surface area contributed by atoms with Gasteiger partial charge in [-0.2, -0.15) is 0 Å². The molecule has 1 aliphatic heterocycles. The van der Waals surface area contributed by atoms with Crippen molar-refractivity contribution in [3.63, 3.8) is 0 Å². The molecule has 0 radical (unpaired) electrons. The highest BCUT2D eigenvalue weighted by molar-refractivity contribution is 6.02. The molecular weight excluding hydrogens is 532 g/mol. The Bertz CT molecular complexity index is 1720. The number of fused-ring (bicyclic) bond motifs is 1. The van der Waals surface area contributed by atoms with E-state index in [0.29, 0.717) is 33.4 Å². The van der Waals surface area contributed by atoms with Crippen LogP contribution in [-0.2, 0) is 25.6 Å². The second kappa shape index (κ2) is 11.7. The number of aryl methyl sites for hydroxylation is 1. The van der Waals surface area contributed by atoms with Crippen molar-refractivity contribution < 1.29 is 28.8 Å². The molecule has 0 saturated carbocycles. The number of para-hydroxylation sites is 2. The molecule has 208 valence electrons. The van der Waals surface area contributed by atoms with Gasteiger partial charge >= 0.3 is 12.0 Å². The fraction of sp³-hybridized carbons (Fsp3) is 0.179. The van der Waals surface area contributed by atoms with Gasteiger partial charge in [-0.1, -0.05) is 18.2 Å². The van der Waals surface area contributed by atoms with Crippen LogP contribution < -0.4 is 20.9 Å². The van der Waals surface area contributed by atoms with Crippen molar-refractivity contribution in [2.45, 2.75) is 25.7 Å². The summed E-state index contributed by atoms with van der Waals surface area (Å²) >= 11 is 0. The van der Waals surface area contributed by atoms with E-state index in [1.54, 1.807) is 60.7 Å². The highest BCUT2D eigenvalue weighted by Gasteiger charge is 2.32. The summed E-state index contributed by atoms with van der Waals surface area (Å²) in [4.78, 5) is 75.7. The first kappa shape index (κ1) is 27.0. The van der Waals surface area contributed by atoms with Crippen molar-refractivity contribution >= 4 is 46.4 Å². The number of anilines is 2. The minimum atomic E-state index is -0.847. The highest BCUT2D eigenvalue weighted by Crippen LogP contribution is 2.24. The van der Waals surface area contributed by atoms with Crippen molar-refractivity contribution in [2.75, 3.05) is 17.7 Å². The predicted octanol–water partition coefficient (Wildman–Crippen LogP) is 2.97. The minimum absolute atomic E-state index is 0.0217. The molecule has 0 bridgehead atoms. The summed E-state index contributed by atoms with van der Waals surface area (Å²) in [6, 6.07) is 16.3. The largest absolute Gasteiger partial charge is 0.495 e. The number of carbonyl (C=O) groups is 4. The van der Waals surface area contributed by atoms with E-state index in [-0.39, 0.29) is 37.0 Å². The summed E-state index contributed by atoms with van der Waals surface area (Å²) < 4.78 is 6.59. The maximum atomic E-state index is 13.6. The highest BCUT2D eigenvalue weighted by atomic mass is 16.7. The Morgan fingerprint density at radius 2 is 1.73 bits per heavy atom. The number of hydrogen-bond acceptors (Lipinski definition) is 9. The van der Waals surface area contributed by atoms with Gasteiger partial charge < -0.3 is 20.2 Å². The zero-order valence-electron chi connectivity index (χ0n) is 21.8. The van der Waals surface area contributed by atoms with Crippen molar-refractivity contribution in [3.05, 3.63) is 82.9 Å². The van der Waals surface area contributed by atoms with E-state index >= 15 is 0 Å². The van der Waals surface area contributed by atoms with E-state index in [4.69, 9.17) is 9.57 Å². The van der Waals surface area contributed by atoms with Crippen LogP contribution in [-0.4, -0.2) is 50.5 Å². The summed E-state index contributed by atoms with van der Waals surface area (Å²) in [6.07, 6.45) is 1.07. The van der Waals surface area contributed by atoms with Crippen molar-refractivity contribution in [2.24, 2.45) is 0 Å². The second-order valence-electron chi connectivity index (χ2n) is 8.92. The molecule has 0 aliphatic carbocycles. The lowest BCUT2D eigenvalue weighted by molar-refractivity contribution is -0.197. The molecule has 2 N–H and O–H groups in total. The zero-order chi connectivity index (χ0) is 28.9. The molecule has 13 nitrogen and oxygen atoms in total. The van der Waals surface area contributed by atoms with Crippen molar-refractivity contribution in [1.82, 2.24) is 19.6 Å². The maximum absolute atomic E-state index is 13.6. The number of nitrogens with zero attached hydrogens (tertiary/aromatic N) is 4. The van der Waals surface area contributed by atoms with Gasteiger partial charge in [0.15, 0.2) is 5.65 Å². The lowest BCUT2D eigenvalue weighted by atomic mass is 10.2. The molecule has 1 aliphatic rings. The Morgan fingerprint density at radius 1 is 0.951 bits per heavy atom. The number of aromatic nitrogens is 3. The SMILES string of the molecule is COc1ccccc1NC(=O)Nc1cccc(-n2c(=O)c(CCC(=O)ON3C(=O)CCC3=O)nc3cccnc32)c1. The van der Waals surface area contributed by atoms with Crippen LogP contribution in [0.4, 0.5) is 16.2 Å². The number of ether oxygens (including phenoxy) is 1. The smallest absolute Gasteiger partial charge is 0.333 e. The molecule has 0 spiro atoms. The number of methoxy groups -OCH3 is 1. The molecule has 0 atom stereocenters. The summed E-state index contributed by atoms with van der Waals surface area (Å²) in [5, 5.41) is 5.92.